The number of benzene rings is 2. The van der Waals surface area contributed by atoms with Gasteiger partial charge >= 0.3 is 0 Å². The smallest absolute Gasteiger partial charge is 0.256 e. The molecule has 0 fully saturated rings. The second-order valence-corrected chi connectivity index (χ2v) is 5.26. The number of hydrogen-bond donors (Lipinski definition) is 2. The van der Waals surface area contributed by atoms with E-state index in [4.69, 9.17) is 0 Å². The van der Waals surface area contributed by atoms with E-state index < -0.39 is 0 Å². The fourth-order valence-electron chi connectivity index (χ4n) is 1.73. The molecule has 0 heterocycles. The van der Waals surface area contributed by atoms with Crippen LogP contribution in [-0.2, 0) is 0 Å². The molecule has 0 atom stereocenters. The topological polar surface area (TPSA) is 58.2 Å². The number of halogens is 1. The Balaban J connectivity index is 2.20. The minimum Gasteiger partial charge on any atom is -0.355 e. The Morgan fingerprint density at radius 3 is 2.45 bits per heavy atom. The molecule has 2 amide bonds. The zero-order valence-electron chi connectivity index (χ0n) is 10.8. The van der Waals surface area contributed by atoms with Crippen LogP contribution in [0.2, 0.25) is 0 Å². The van der Waals surface area contributed by atoms with E-state index in [2.05, 4.69) is 33.2 Å². The lowest BCUT2D eigenvalue weighted by atomic mass is 10.1. The van der Waals surface area contributed by atoms with Crippen molar-refractivity contribution in [2.45, 2.75) is 0 Å². The van der Waals surface area contributed by atoms with E-state index in [0.717, 1.165) is 3.57 Å². The van der Waals surface area contributed by atoms with Gasteiger partial charge in [-0.1, -0.05) is 18.2 Å². The van der Waals surface area contributed by atoms with Gasteiger partial charge in [-0.2, -0.15) is 0 Å². The molecule has 0 saturated heterocycles. The molecule has 0 aliphatic rings. The van der Waals surface area contributed by atoms with Crippen LogP contribution in [0.15, 0.2) is 48.5 Å². The molecule has 5 heteroatoms. The predicted octanol–water partition coefficient (Wildman–Crippen LogP) is 2.90. The second-order valence-electron chi connectivity index (χ2n) is 4.09. The van der Waals surface area contributed by atoms with Crippen molar-refractivity contribution in [2.24, 2.45) is 0 Å². The summed E-state index contributed by atoms with van der Waals surface area (Å²) in [6, 6.07) is 14.2. The van der Waals surface area contributed by atoms with E-state index in [1.54, 1.807) is 37.4 Å². The van der Waals surface area contributed by atoms with Crippen molar-refractivity contribution >= 4 is 40.1 Å². The molecule has 0 aliphatic heterocycles. The van der Waals surface area contributed by atoms with Crippen molar-refractivity contribution in [3.63, 3.8) is 0 Å². The van der Waals surface area contributed by atoms with Crippen molar-refractivity contribution in [3.8, 4) is 0 Å². The van der Waals surface area contributed by atoms with Crippen molar-refractivity contribution in [3.05, 3.63) is 63.2 Å². The molecule has 0 radical (unpaired) electrons. The number of amides is 2. The van der Waals surface area contributed by atoms with Crippen molar-refractivity contribution in [1.82, 2.24) is 5.32 Å². The summed E-state index contributed by atoms with van der Waals surface area (Å²) in [5, 5.41) is 5.34. The lowest BCUT2D eigenvalue weighted by molar-refractivity contribution is 0.0961. The first-order valence-corrected chi connectivity index (χ1v) is 7.07. The fourth-order valence-corrected chi connectivity index (χ4v) is 2.36. The Bertz CT molecular complexity index is 656. The van der Waals surface area contributed by atoms with E-state index in [9.17, 15) is 9.59 Å². The standard InChI is InChI=1S/C15H13IN2O2/c1-17-14(19)10-5-4-6-11(9-10)18-15(20)12-7-2-3-8-13(12)16/h2-9H,1H3,(H,17,19)(H,18,20). The van der Waals surface area contributed by atoms with E-state index in [1.165, 1.54) is 0 Å². The maximum Gasteiger partial charge on any atom is 0.256 e. The van der Waals surface area contributed by atoms with Crippen molar-refractivity contribution < 1.29 is 9.59 Å². The molecule has 0 unspecified atom stereocenters. The average molecular weight is 380 g/mol. The van der Waals surface area contributed by atoms with Crippen LogP contribution in [0.4, 0.5) is 5.69 Å². The molecule has 2 aromatic rings. The molecule has 4 nitrogen and oxygen atoms in total. The van der Waals surface area contributed by atoms with Gasteiger partial charge in [0, 0.05) is 21.9 Å². The average Bonchev–Trinajstić information content (AvgIpc) is 2.47. The van der Waals surface area contributed by atoms with Crippen LogP contribution in [0.3, 0.4) is 0 Å². The molecule has 0 aromatic heterocycles. The zero-order valence-corrected chi connectivity index (χ0v) is 13.0. The summed E-state index contributed by atoms with van der Waals surface area (Å²) in [4.78, 5) is 23.7. The molecular weight excluding hydrogens is 367 g/mol. The molecule has 0 bridgehead atoms. The highest BCUT2D eigenvalue weighted by atomic mass is 127. The minimum absolute atomic E-state index is 0.185. The van der Waals surface area contributed by atoms with Gasteiger partial charge in [-0.05, 0) is 52.9 Å². The number of carbonyl (C=O) groups excluding carboxylic acids is 2. The first-order valence-electron chi connectivity index (χ1n) is 6.00. The maximum absolute atomic E-state index is 12.2. The SMILES string of the molecule is CNC(=O)c1cccc(NC(=O)c2ccccc2I)c1. The van der Waals surface area contributed by atoms with Gasteiger partial charge in [-0.3, -0.25) is 9.59 Å². The molecule has 2 aromatic carbocycles. The number of carbonyl (C=O) groups is 2. The molecule has 102 valence electrons. The van der Waals surface area contributed by atoms with E-state index in [0.29, 0.717) is 16.8 Å². The molecule has 2 N–H and O–H groups in total. The van der Waals surface area contributed by atoms with Gasteiger partial charge in [0.05, 0.1) is 5.56 Å². The van der Waals surface area contributed by atoms with Crippen LogP contribution in [-0.4, -0.2) is 18.9 Å². The summed E-state index contributed by atoms with van der Waals surface area (Å²) in [5.41, 5.74) is 1.71. The quantitative estimate of drug-likeness (QED) is 0.805. The third-order valence-corrected chi connectivity index (χ3v) is 3.67. The Kier molecular flexibility index (Phi) is 4.73. The summed E-state index contributed by atoms with van der Waals surface area (Å²) in [5.74, 6) is -0.376. The Morgan fingerprint density at radius 1 is 1.00 bits per heavy atom. The number of nitrogens with one attached hydrogen (secondary N) is 2. The largest absolute Gasteiger partial charge is 0.355 e. The first kappa shape index (κ1) is 14.5. The predicted molar refractivity (Wildman–Crippen MR) is 86.9 cm³/mol. The van der Waals surface area contributed by atoms with Crippen LogP contribution in [0.5, 0.6) is 0 Å². The lowest BCUT2D eigenvalue weighted by Gasteiger charge is -2.08. The van der Waals surface area contributed by atoms with Gasteiger partial charge in [0.2, 0.25) is 0 Å². The highest BCUT2D eigenvalue weighted by Crippen LogP contribution is 2.15. The van der Waals surface area contributed by atoms with E-state index in [1.807, 2.05) is 18.2 Å². The van der Waals surface area contributed by atoms with Gasteiger partial charge in [-0.25, -0.2) is 0 Å². The van der Waals surface area contributed by atoms with Crippen LogP contribution >= 0.6 is 22.6 Å². The Hall–Kier alpha value is -1.89. The summed E-state index contributed by atoms with van der Waals surface area (Å²) in [7, 11) is 1.57. The summed E-state index contributed by atoms with van der Waals surface area (Å²) in [6.07, 6.45) is 0. The summed E-state index contributed by atoms with van der Waals surface area (Å²) >= 11 is 2.12. The minimum atomic E-state index is -0.191. The fraction of sp³-hybridized carbons (Fsp3) is 0.0667. The third kappa shape index (κ3) is 3.36. The Labute approximate surface area is 130 Å². The molecule has 0 aliphatic carbocycles. The van der Waals surface area contributed by atoms with Crippen LogP contribution < -0.4 is 10.6 Å². The van der Waals surface area contributed by atoms with Crippen LogP contribution in [0.1, 0.15) is 20.7 Å². The molecular formula is C15H13IN2O2. The number of hydrogen-bond acceptors (Lipinski definition) is 2. The van der Waals surface area contributed by atoms with Crippen LogP contribution in [0.25, 0.3) is 0 Å². The first-order chi connectivity index (χ1) is 9.61. The third-order valence-electron chi connectivity index (χ3n) is 2.73. The highest BCUT2D eigenvalue weighted by Gasteiger charge is 2.10. The van der Waals surface area contributed by atoms with Gasteiger partial charge in [0.1, 0.15) is 0 Å². The number of rotatable bonds is 3. The van der Waals surface area contributed by atoms with E-state index in [-0.39, 0.29) is 11.8 Å². The normalized spacial score (nSPS) is 9.90. The second kappa shape index (κ2) is 6.51. The van der Waals surface area contributed by atoms with Gasteiger partial charge in [0.25, 0.3) is 11.8 Å². The summed E-state index contributed by atoms with van der Waals surface area (Å²) in [6.45, 7) is 0. The monoisotopic (exact) mass is 380 g/mol. The highest BCUT2D eigenvalue weighted by molar-refractivity contribution is 14.1. The maximum atomic E-state index is 12.2. The molecule has 20 heavy (non-hydrogen) atoms. The van der Waals surface area contributed by atoms with Gasteiger partial charge < -0.3 is 10.6 Å². The molecule has 0 spiro atoms. The molecule has 2 rings (SSSR count). The van der Waals surface area contributed by atoms with Gasteiger partial charge in [0.15, 0.2) is 0 Å². The van der Waals surface area contributed by atoms with Gasteiger partial charge in [-0.15, -0.1) is 0 Å². The van der Waals surface area contributed by atoms with E-state index >= 15 is 0 Å². The summed E-state index contributed by atoms with van der Waals surface area (Å²) < 4.78 is 0.880. The Morgan fingerprint density at radius 2 is 1.75 bits per heavy atom. The lowest BCUT2D eigenvalue weighted by Crippen LogP contribution is -2.18. The van der Waals surface area contributed by atoms with Crippen molar-refractivity contribution in [1.29, 1.82) is 0 Å². The van der Waals surface area contributed by atoms with Crippen LogP contribution in [0, 0.1) is 3.57 Å². The number of anilines is 1. The molecule has 0 saturated carbocycles. The zero-order chi connectivity index (χ0) is 14.5. The van der Waals surface area contributed by atoms with Crippen molar-refractivity contribution in [2.75, 3.05) is 12.4 Å².